The molecule has 2 aromatic rings. The molecule has 2 rings (SSSR count). The number of hydrogen-bond donors (Lipinski definition) is 1. The Morgan fingerprint density at radius 3 is 2.29 bits per heavy atom. The van der Waals surface area contributed by atoms with Gasteiger partial charge in [0.2, 0.25) is 0 Å². The monoisotopic (exact) mass is 253 g/mol. The van der Waals surface area contributed by atoms with Crippen LogP contribution in [-0.4, -0.2) is 0 Å². The highest BCUT2D eigenvalue weighted by Gasteiger charge is 2.15. The van der Waals surface area contributed by atoms with Crippen LogP contribution in [0.5, 0.6) is 0 Å². The van der Waals surface area contributed by atoms with Crippen LogP contribution in [0.4, 0.5) is 8.78 Å². The molecule has 0 amide bonds. The predicted molar refractivity (Wildman–Crippen MR) is 63.8 cm³/mol. The van der Waals surface area contributed by atoms with Crippen molar-refractivity contribution in [2.45, 2.75) is 6.04 Å². The van der Waals surface area contributed by atoms with Gasteiger partial charge in [0.05, 0.1) is 6.04 Å². The number of nitrogens with two attached hydrogens (primary N) is 1. The first-order chi connectivity index (χ1) is 8.09. The van der Waals surface area contributed by atoms with Crippen molar-refractivity contribution in [3.63, 3.8) is 0 Å². The van der Waals surface area contributed by atoms with Crippen LogP contribution in [0, 0.1) is 11.6 Å². The SMILES string of the molecule is NC(c1ccc(Cl)cc1)c1cccc(F)c1F. The number of hydrogen-bond acceptors (Lipinski definition) is 1. The second-order valence-electron chi connectivity index (χ2n) is 3.67. The van der Waals surface area contributed by atoms with E-state index in [1.807, 2.05) is 0 Å². The lowest BCUT2D eigenvalue weighted by molar-refractivity contribution is 0.494. The van der Waals surface area contributed by atoms with Crippen molar-refractivity contribution in [1.29, 1.82) is 0 Å². The molecule has 17 heavy (non-hydrogen) atoms. The van der Waals surface area contributed by atoms with E-state index >= 15 is 0 Å². The van der Waals surface area contributed by atoms with Gasteiger partial charge in [0.1, 0.15) is 0 Å². The lowest BCUT2D eigenvalue weighted by atomic mass is 9.99. The molecule has 0 bridgehead atoms. The highest BCUT2D eigenvalue weighted by molar-refractivity contribution is 6.30. The number of benzene rings is 2. The van der Waals surface area contributed by atoms with Gasteiger partial charge in [0.25, 0.3) is 0 Å². The number of rotatable bonds is 2. The van der Waals surface area contributed by atoms with E-state index in [0.29, 0.717) is 10.6 Å². The second-order valence-corrected chi connectivity index (χ2v) is 4.11. The Bertz CT molecular complexity index is 525. The Morgan fingerprint density at radius 1 is 1.00 bits per heavy atom. The molecule has 0 aliphatic rings. The molecular formula is C13H10ClF2N. The molecule has 0 heterocycles. The van der Waals surface area contributed by atoms with Gasteiger partial charge in [-0.2, -0.15) is 0 Å². The van der Waals surface area contributed by atoms with Crippen molar-refractivity contribution in [2.24, 2.45) is 5.73 Å². The standard InChI is InChI=1S/C13H10ClF2N/c14-9-6-4-8(5-7-9)13(17)10-2-1-3-11(15)12(10)16/h1-7,13H,17H2. The first-order valence-electron chi connectivity index (χ1n) is 5.04. The van der Waals surface area contributed by atoms with E-state index in [-0.39, 0.29) is 5.56 Å². The molecule has 1 nitrogen and oxygen atoms in total. The summed E-state index contributed by atoms with van der Waals surface area (Å²) in [5.74, 6) is -1.80. The molecule has 0 spiro atoms. The third kappa shape index (κ3) is 2.46. The minimum absolute atomic E-state index is 0.132. The third-order valence-electron chi connectivity index (χ3n) is 2.55. The predicted octanol–water partition coefficient (Wildman–Crippen LogP) is 3.67. The van der Waals surface area contributed by atoms with Crippen molar-refractivity contribution in [3.8, 4) is 0 Å². The van der Waals surface area contributed by atoms with Crippen molar-refractivity contribution in [1.82, 2.24) is 0 Å². The van der Waals surface area contributed by atoms with Crippen molar-refractivity contribution >= 4 is 11.6 Å². The Hall–Kier alpha value is -1.45. The molecule has 0 saturated heterocycles. The maximum absolute atomic E-state index is 13.5. The molecule has 88 valence electrons. The largest absolute Gasteiger partial charge is 0.320 e. The minimum atomic E-state index is -0.907. The highest BCUT2D eigenvalue weighted by atomic mass is 35.5. The lowest BCUT2D eigenvalue weighted by Crippen LogP contribution is -2.14. The summed E-state index contributed by atoms with van der Waals surface area (Å²) in [4.78, 5) is 0. The fourth-order valence-electron chi connectivity index (χ4n) is 1.61. The number of halogens is 3. The zero-order valence-electron chi connectivity index (χ0n) is 8.83. The summed E-state index contributed by atoms with van der Waals surface area (Å²) in [5.41, 5.74) is 6.70. The van der Waals surface area contributed by atoms with E-state index < -0.39 is 17.7 Å². The fourth-order valence-corrected chi connectivity index (χ4v) is 1.74. The van der Waals surface area contributed by atoms with Crippen molar-refractivity contribution in [3.05, 3.63) is 70.2 Å². The molecule has 1 unspecified atom stereocenters. The van der Waals surface area contributed by atoms with Crippen LogP contribution in [0.25, 0.3) is 0 Å². The van der Waals surface area contributed by atoms with Gasteiger partial charge in [-0.15, -0.1) is 0 Å². The Labute approximate surface area is 103 Å². The fraction of sp³-hybridized carbons (Fsp3) is 0.0769. The average Bonchev–Trinajstić information content (AvgIpc) is 2.33. The first kappa shape index (κ1) is 12.0. The summed E-state index contributed by atoms with van der Waals surface area (Å²) < 4.78 is 26.6. The van der Waals surface area contributed by atoms with E-state index in [9.17, 15) is 8.78 Å². The van der Waals surface area contributed by atoms with Crippen LogP contribution in [0.15, 0.2) is 42.5 Å². The summed E-state index contributed by atoms with van der Waals surface area (Å²) in [5, 5.41) is 0.570. The van der Waals surface area contributed by atoms with Gasteiger partial charge in [0.15, 0.2) is 11.6 Å². The van der Waals surface area contributed by atoms with Gasteiger partial charge in [-0.3, -0.25) is 0 Å². The summed E-state index contributed by atoms with van der Waals surface area (Å²) >= 11 is 5.74. The van der Waals surface area contributed by atoms with Gasteiger partial charge >= 0.3 is 0 Å². The highest BCUT2D eigenvalue weighted by Crippen LogP contribution is 2.24. The van der Waals surface area contributed by atoms with Crippen molar-refractivity contribution < 1.29 is 8.78 Å². The molecule has 2 N–H and O–H groups in total. The van der Waals surface area contributed by atoms with Crippen molar-refractivity contribution in [2.75, 3.05) is 0 Å². The van der Waals surface area contributed by atoms with E-state index in [1.165, 1.54) is 12.1 Å². The summed E-state index contributed by atoms with van der Waals surface area (Å²) in [6, 6.07) is 9.97. The van der Waals surface area contributed by atoms with Crippen LogP contribution in [-0.2, 0) is 0 Å². The molecule has 0 saturated carbocycles. The van der Waals surface area contributed by atoms with Crippen LogP contribution >= 0.6 is 11.6 Å². The topological polar surface area (TPSA) is 26.0 Å². The first-order valence-corrected chi connectivity index (χ1v) is 5.42. The molecule has 0 radical (unpaired) electrons. The van der Waals surface area contributed by atoms with Gasteiger partial charge < -0.3 is 5.73 Å². The van der Waals surface area contributed by atoms with Gasteiger partial charge in [-0.1, -0.05) is 35.9 Å². The molecule has 4 heteroatoms. The van der Waals surface area contributed by atoms with Crippen LogP contribution < -0.4 is 5.73 Å². The average molecular weight is 254 g/mol. The smallest absolute Gasteiger partial charge is 0.163 e. The summed E-state index contributed by atoms with van der Waals surface area (Å²) in [6.45, 7) is 0. The van der Waals surface area contributed by atoms with E-state index in [4.69, 9.17) is 17.3 Å². The van der Waals surface area contributed by atoms with Gasteiger partial charge in [0, 0.05) is 10.6 Å². The van der Waals surface area contributed by atoms with E-state index in [1.54, 1.807) is 24.3 Å². The summed E-state index contributed by atoms with van der Waals surface area (Å²) in [7, 11) is 0. The normalized spacial score (nSPS) is 12.5. The molecule has 0 aromatic heterocycles. The van der Waals surface area contributed by atoms with Crippen LogP contribution in [0.1, 0.15) is 17.2 Å². The lowest BCUT2D eigenvalue weighted by Gasteiger charge is -2.13. The molecule has 2 aromatic carbocycles. The zero-order valence-corrected chi connectivity index (χ0v) is 9.59. The zero-order chi connectivity index (χ0) is 12.4. The Morgan fingerprint density at radius 2 is 1.65 bits per heavy atom. The molecular weight excluding hydrogens is 244 g/mol. The van der Waals surface area contributed by atoms with Crippen LogP contribution in [0.2, 0.25) is 5.02 Å². The maximum atomic E-state index is 13.5. The Kier molecular flexibility index (Phi) is 3.41. The minimum Gasteiger partial charge on any atom is -0.320 e. The molecule has 0 fully saturated rings. The van der Waals surface area contributed by atoms with E-state index in [2.05, 4.69) is 0 Å². The van der Waals surface area contributed by atoms with Gasteiger partial charge in [-0.05, 0) is 23.8 Å². The van der Waals surface area contributed by atoms with Gasteiger partial charge in [-0.25, -0.2) is 8.78 Å². The third-order valence-corrected chi connectivity index (χ3v) is 2.80. The molecule has 0 aliphatic carbocycles. The quantitative estimate of drug-likeness (QED) is 0.868. The molecule has 0 aliphatic heterocycles. The summed E-state index contributed by atoms with van der Waals surface area (Å²) in [6.07, 6.45) is 0. The maximum Gasteiger partial charge on any atom is 0.163 e. The van der Waals surface area contributed by atoms with E-state index in [0.717, 1.165) is 6.07 Å². The Balaban J connectivity index is 2.40. The van der Waals surface area contributed by atoms with Crippen LogP contribution in [0.3, 0.4) is 0 Å². The second kappa shape index (κ2) is 4.82. The molecule has 1 atom stereocenters.